The Hall–Kier alpha value is -1.41. The van der Waals surface area contributed by atoms with E-state index in [0.29, 0.717) is 5.82 Å². The van der Waals surface area contributed by atoms with Crippen molar-refractivity contribution < 1.29 is 13.2 Å². The fraction of sp³-hybridized carbons (Fsp3) is 0.692. The molecule has 1 aromatic heterocycles. The fourth-order valence-electron chi connectivity index (χ4n) is 2.13. The third-order valence-corrected chi connectivity index (χ3v) is 3.96. The summed E-state index contributed by atoms with van der Waals surface area (Å²) in [5, 5.41) is 7.14. The van der Waals surface area contributed by atoms with Gasteiger partial charge in [-0.3, -0.25) is 4.79 Å². The van der Waals surface area contributed by atoms with Crippen LogP contribution in [0.3, 0.4) is 0 Å². The molecule has 0 aliphatic heterocycles. The number of hydrogen-bond acceptors (Lipinski definition) is 4. The van der Waals surface area contributed by atoms with Crippen molar-refractivity contribution in [3.8, 4) is 0 Å². The molecule has 2 N–H and O–H groups in total. The zero-order chi connectivity index (χ0) is 16.2. The number of carbonyl (C=O) groups excluding carboxylic acids is 1. The van der Waals surface area contributed by atoms with Gasteiger partial charge < -0.3 is 5.32 Å². The first-order chi connectivity index (χ1) is 9.67. The molecule has 1 amide bonds. The maximum atomic E-state index is 12.1. The van der Waals surface area contributed by atoms with Gasteiger partial charge in [-0.25, -0.2) is 17.8 Å². The van der Waals surface area contributed by atoms with Crippen molar-refractivity contribution in [1.29, 1.82) is 0 Å². The fourth-order valence-corrected chi connectivity index (χ4v) is 2.88. The summed E-state index contributed by atoms with van der Waals surface area (Å²) in [6, 6.07) is 1.14. The number of hydrogen-bond donors (Lipinski definition) is 2. The quantitative estimate of drug-likeness (QED) is 0.796. The molecule has 0 saturated heterocycles. The first-order valence-electron chi connectivity index (χ1n) is 7.02. The number of nitrogens with zero attached hydrogens (tertiary/aromatic N) is 2. The molecule has 1 rings (SSSR count). The maximum Gasteiger partial charge on any atom is 0.243 e. The van der Waals surface area contributed by atoms with E-state index in [1.165, 1.54) is 6.92 Å². The molecule has 0 bridgehead atoms. The normalized spacial score (nSPS) is 13.4. The molecular formula is C13H24N4O3S. The molecule has 120 valence electrons. The lowest BCUT2D eigenvalue weighted by Crippen LogP contribution is -2.41. The van der Waals surface area contributed by atoms with Crippen LogP contribution in [0.5, 0.6) is 0 Å². The molecule has 0 radical (unpaired) electrons. The number of nitrogens with one attached hydrogen (secondary N) is 2. The highest BCUT2D eigenvalue weighted by atomic mass is 32.2. The van der Waals surface area contributed by atoms with Crippen LogP contribution >= 0.6 is 0 Å². The van der Waals surface area contributed by atoms with E-state index in [1.54, 1.807) is 10.7 Å². The van der Waals surface area contributed by atoms with Crippen molar-refractivity contribution in [2.75, 3.05) is 11.6 Å². The van der Waals surface area contributed by atoms with Crippen LogP contribution in [0, 0.1) is 6.92 Å². The molecule has 21 heavy (non-hydrogen) atoms. The van der Waals surface area contributed by atoms with Crippen LogP contribution in [-0.2, 0) is 14.8 Å². The number of amides is 1. The largest absolute Gasteiger partial charge is 0.310 e. The van der Waals surface area contributed by atoms with Gasteiger partial charge in [0.05, 0.1) is 24.0 Å². The standard InChI is InChI=1S/C13H24N4O3S/c1-6-11(7-2)17-12(8-9(3)15-17)14-13(18)10(4)16-21(5,19)20/h8,10-11,16H,6-7H2,1-5H3,(H,14,18). The Morgan fingerprint density at radius 2 is 1.95 bits per heavy atom. The Bertz CT molecular complexity index is 591. The molecular weight excluding hydrogens is 292 g/mol. The van der Waals surface area contributed by atoms with Crippen LogP contribution in [0.4, 0.5) is 5.82 Å². The van der Waals surface area contributed by atoms with Crippen LogP contribution in [-0.4, -0.2) is 36.4 Å². The van der Waals surface area contributed by atoms with Gasteiger partial charge in [-0.1, -0.05) is 13.8 Å². The predicted octanol–water partition coefficient (Wildman–Crippen LogP) is 1.43. The van der Waals surface area contributed by atoms with E-state index in [4.69, 9.17) is 0 Å². The second kappa shape index (κ2) is 7.04. The van der Waals surface area contributed by atoms with Gasteiger partial charge >= 0.3 is 0 Å². The average Bonchev–Trinajstić information content (AvgIpc) is 2.70. The summed E-state index contributed by atoms with van der Waals surface area (Å²) in [6.45, 7) is 7.48. The van der Waals surface area contributed by atoms with Crippen molar-refractivity contribution in [2.45, 2.75) is 52.6 Å². The molecule has 1 heterocycles. The molecule has 0 aromatic carbocycles. The van der Waals surface area contributed by atoms with E-state index in [-0.39, 0.29) is 6.04 Å². The molecule has 0 spiro atoms. The van der Waals surface area contributed by atoms with Gasteiger partial charge in [0.2, 0.25) is 15.9 Å². The number of sulfonamides is 1. The minimum absolute atomic E-state index is 0.201. The Kier molecular flexibility index (Phi) is 5.91. The first kappa shape index (κ1) is 17.6. The Morgan fingerprint density at radius 1 is 1.38 bits per heavy atom. The minimum Gasteiger partial charge on any atom is -0.310 e. The van der Waals surface area contributed by atoms with Gasteiger partial charge in [0.25, 0.3) is 0 Å². The number of anilines is 1. The van der Waals surface area contributed by atoms with Gasteiger partial charge in [0, 0.05) is 6.07 Å². The Morgan fingerprint density at radius 3 is 2.43 bits per heavy atom. The van der Waals surface area contributed by atoms with Crippen LogP contribution in [0.1, 0.15) is 45.3 Å². The minimum atomic E-state index is -3.42. The summed E-state index contributed by atoms with van der Waals surface area (Å²) in [6.07, 6.45) is 2.82. The highest BCUT2D eigenvalue weighted by Gasteiger charge is 2.20. The number of aromatic nitrogens is 2. The topological polar surface area (TPSA) is 93.1 Å². The average molecular weight is 316 g/mol. The maximum absolute atomic E-state index is 12.1. The van der Waals surface area contributed by atoms with Gasteiger partial charge in [-0.15, -0.1) is 0 Å². The van der Waals surface area contributed by atoms with Gasteiger partial charge in [-0.2, -0.15) is 5.10 Å². The van der Waals surface area contributed by atoms with Gasteiger partial charge in [0.15, 0.2) is 0 Å². The second-order valence-corrected chi connectivity index (χ2v) is 6.97. The molecule has 0 saturated carbocycles. The second-order valence-electron chi connectivity index (χ2n) is 5.19. The van der Waals surface area contributed by atoms with Crippen molar-refractivity contribution >= 4 is 21.7 Å². The van der Waals surface area contributed by atoms with Gasteiger partial charge in [-0.05, 0) is 26.7 Å². The van der Waals surface area contributed by atoms with E-state index in [0.717, 1.165) is 24.8 Å². The number of rotatable bonds is 7. The summed E-state index contributed by atoms with van der Waals surface area (Å²) in [4.78, 5) is 12.1. The third kappa shape index (κ3) is 5.13. The highest BCUT2D eigenvalue weighted by molar-refractivity contribution is 7.88. The van der Waals surface area contributed by atoms with E-state index < -0.39 is 22.0 Å². The summed E-state index contributed by atoms with van der Waals surface area (Å²) in [5.74, 6) is 0.181. The molecule has 7 nitrogen and oxygen atoms in total. The molecule has 0 fully saturated rings. The lowest BCUT2D eigenvalue weighted by molar-refractivity contribution is -0.117. The summed E-state index contributed by atoms with van der Waals surface area (Å²) in [5.41, 5.74) is 0.806. The lowest BCUT2D eigenvalue weighted by atomic mass is 10.2. The zero-order valence-corrected chi connectivity index (χ0v) is 14.0. The van der Waals surface area contributed by atoms with Crippen LogP contribution in [0.2, 0.25) is 0 Å². The van der Waals surface area contributed by atoms with E-state index in [9.17, 15) is 13.2 Å². The summed E-state index contributed by atoms with van der Waals surface area (Å²) >= 11 is 0. The van der Waals surface area contributed by atoms with E-state index in [1.807, 2.05) is 6.92 Å². The predicted molar refractivity (Wildman–Crippen MR) is 82.7 cm³/mol. The van der Waals surface area contributed by atoms with E-state index >= 15 is 0 Å². The summed E-state index contributed by atoms with van der Waals surface area (Å²) in [7, 11) is -3.42. The lowest BCUT2D eigenvalue weighted by Gasteiger charge is -2.18. The highest BCUT2D eigenvalue weighted by Crippen LogP contribution is 2.21. The van der Waals surface area contributed by atoms with Crippen molar-refractivity contribution in [3.63, 3.8) is 0 Å². The number of aryl methyl sites for hydroxylation is 1. The zero-order valence-electron chi connectivity index (χ0n) is 13.2. The molecule has 1 unspecified atom stereocenters. The third-order valence-electron chi connectivity index (χ3n) is 3.18. The van der Waals surface area contributed by atoms with Crippen LogP contribution in [0.25, 0.3) is 0 Å². The van der Waals surface area contributed by atoms with Crippen LogP contribution in [0.15, 0.2) is 6.07 Å². The van der Waals surface area contributed by atoms with Gasteiger partial charge in [0.1, 0.15) is 5.82 Å². The first-order valence-corrected chi connectivity index (χ1v) is 8.91. The molecule has 8 heteroatoms. The molecule has 0 aliphatic carbocycles. The SMILES string of the molecule is CCC(CC)n1nc(C)cc1NC(=O)C(C)NS(C)(=O)=O. The smallest absolute Gasteiger partial charge is 0.243 e. The molecule has 1 aromatic rings. The monoisotopic (exact) mass is 316 g/mol. The molecule has 0 aliphatic rings. The Balaban J connectivity index is 2.90. The number of carbonyl (C=O) groups is 1. The van der Waals surface area contributed by atoms with Crippen molar-refractivity contribution in [3.05, 3.63) is 11.8 Å². The van der Waals surface area contributed by atoms with Crippen molar-refractivity contribution in [1.82, 2.24) is 14.5 Å². The van der Waals surface area contributed by atoms with Crippen molar-refractivity contribution in [2.24, 2.45) is 0 Å². The van der Waals surface area contributed by atoms with Crippen LogP contribution < -0.4 is 10.0 Å². The van der Waals surface area contributed by atoms with E-state index in [2.05, 4.69) is 29.0 Å². The Labute approximate surface area is 126 Å². The summed E-state index contributed by atoms with van der Waals surface area (Å²) < 4.78 is 26.4. The molecule has 1 atom stereocenters.